The van der Waals surface area contributed by atoms with Crippen molar-refractivity contribution in [1.82, 2.24) is 15.1 Å². The van der Waals surface area contributed by atoms with Crippen LogP contribution in [0.1, 0.15) is 13.3 Å². The maximum atomic E-state index is 9.10. The highest BCUT2D eigenvalue weighted by atomic mass is 32.1. The first kappa shape index (κ1) is 20.6. The maximum Gasteiger partial charge on any atom is 0.414 e. The second kappa shape index (κ2) is 12.1. The van der Waals surface area contributed by atoms with Crippen LogP contribution in [0.15, 0.2) is 0 Å². The normalized spacial score (nSPS) is 14.7. The molecule has 0 bridgehead atoms. The fourth-order valence-corrected chi connectivity index (χ4v) is 2.08. The molecule has 8 nitrogen and oxygen atoms in total. The number of hydrogen-bond donors (Lipinski definition) is 3. The Kier molecular flexibility index (Phi) is 11.3. The van der Waals surface area contributed by atoms with E-state index < -0.39 is 11.9 Å². The number of thiocarbonyl (C=S) groups is 1. The van der Waals surface area contributed by atoms with Gasteiger partial charge in [-0.05, 0) is 25.2 Å². The summed E-state index contributed by atoms with van der Waals surface area (Å²) in [4.78, 5) is 22.9. The number of carboxylic acid groups (broad SMARTS) is 2. The summed E-state index contributed by atoms with van der Waals surface area (Å²) >= 11 is 5.35. The Bertz CT molecular complexity index is 348. The lowest BCUT2D eigenvalue weighted by Gasteiger charge is -2.35. The Hall–Kier alpha value is -1.45. The van der Waals surface area contributed by atoms with Crippen LogP contribution in [0.3, 0.4) is 0 Å². The van der Waals surface area contributed by atoms with Crippen molar-refractivity contribution in [3.63, 3.8) is 0 Å². The number of hydrogen-bond acceptors (Lipinski definition) is 5. The number of carbonyl (C=O) groups is 2. The van der Waals surface area contributed by atoms with E-state index in [-0.39, 0.29) is 0 Å². The largest absolute Gasteiger partial charge is 0.473 e. The van der Waals surface area contributed by atoms with E-state index in [1.807, 2.05) is 0 Å². The van der Waals surface area contributed by atoms with Gasteiger partial charge in [-0.2, -0.15) is 0 Å². The maximum absolute atomic E-state index is 9.10. The highest BCUT2D eigenvalue weighted by Gasteiger charge is 2.16. The third kappa shape index (κ3) is 9.48. The van der Waals surface area contributed by atoms with Gasteiger partial charge < -0.3 is 30.1 Å². The number of aliphatic carboxylic acids is 2. The summed E-state index contributed by atoms with van der Waals surface area (Å²) < 4.78 is 4.99. The summed E-state index contributed by atoms with van der Waals surface area (Å²) in [5.74, 6) is -3.65. The zero-order valence-corrected chi connectivity index (χ0v) is 13.9. The summed E-state index contributed by atoms with van der Waals surface area (Å²) in [6.45, 7) is 9.37. The van der Waals surface area contributed by atoms with Crippen LogP contribution < -0.4 is 5.32 Å². The number of ether oxygens (including phenoxy) is 1. The summed E-state index contributed by atoms with van der Waals surface area (Å²) in [6, 6.07) is 0. The molecule has 128 valence electrons. The van der Waals surface area contributed by atoms with Gasteiger partial charge in [-0.25, -0.2) is 9.59 Å². The number of nitrogens with zero attached hydrogens (tertiary/aromatic N) is 2. The van der Waals surface area contributed by atoms with Crippen LogP contribution in [0, 0.1) is 0 Å². The summed E-state index contributed by atoms with van der Waals surface area (Å²) in [5.41, 5.74) is 0. The van der Waals surface area contributed by atoms with Gasteiger partial charge in [0.1, 0.15) is 0 Å². The molecule has 0 aromatic rings. The van der Waals surface area contributed by atoms with E-state index >= 15 is 0 Å². The molecule has 0 spiro atoms. The number of piperazine rings is 1. The average Bonchev–Trinajstić information content (AvgIpc) is 2.52. The van der Waals surface area contributed by atoms with E-state index in [0.717, 1.165) is 57.4 Å². The first-order valence-electron chi connectivity index (χ1n) is 7.12. The number of likely N-dealkylation sites (N-methyl/N-ethyl adjacent to an activating group) is 1. The molecule has 1 fully saturated rings. The van der Waals surface area contributed by atoms with E-state index in [2.05, 4.69) is 22.0 Å². The minimum absolute atomic E-state index is 0.791. The molecule has 0 radical (unpaired) electrons. The molecule has 0 aromatic heterocycles. The quantitative estimate of drug-likeness (QED) is 0.355. The SMILES string of the molecule is CCN1CCN(C(=S)NCCCOC)CC1.O=C(O)C(=O)O. The molecule has 1 rings (SSSR count). The Labute approximate surface area is 136 Å². The summed E-state index contributed by atoms with van der Waals surface area (Å²) in [5, 5.41) is 19.0. The topological polar surface area (TPSA) is 102 Å². The van der Waals surface area contributed by atoms with Gasteiger partial charge in [-0.1, -0.05) is 6.92 Å². The van der Waals surface area contributed by atoms with E-state index in [1.54, 1.807) is 7.11 Å². The number of carboxylic acids is 2. The molecule has 0 amide bonds. The smallest absolute Gasteiger partial charge is 0.414 e. The summed E-state index contributed by atoms with van der Waals surface area (Å²) in [7, 11) is 1.72. The second-order valence-corrected chi connectivity index (χ2v) is 5.00. The molecule has 0 saturated carbocycles. The van der Waals surface area contributed by atoms with Crippen LogP contribution in [-0.4, -0.2) is 90.0 Å². The molecule has 0 aromatic carbocycles. The minimum atomic E-state index is -1.82. The van der Waals surface area contributed by atoms with Crippen LogP contribution in [0.25, 0.3) is 0 Å². The van der Waals surface area contributed by atoms with Crippen LogP contribution in [0.2, 0.25) is 0 Å². The van der Waals surface area contributed by atoms with Crippen molar-refractivity contribution in [3.05, 3.63) is 0 Å². The van der Waals surface area contributed by atoms with Crippen LogP contribution in [0.5, 0.6) is 0 Å². The van der Waals surface area contributed by atoms with Crippen molar-refractivity contribution in [2.75, 3.05) is 53.0 Å². The van der Waals surface area contributed by atoms with Gasteiger partial charge in [0.25, 0.3) is 0 Å². The first-order chi connectivity index (χ1) is 10.4. The first-order valence-corrected chi connectivity index (χ1v) is 7.53. The van der Waals surface area contributed by atoms with Crippen molar-refractivity contribution in [3.8, 4) is 0 Å². The highest BCUT2D eigenvalue weighted by molar-refractivity contribution is 7.80. The molecule has 3 N–H and O–H groups in total. The predicted octanol–water partition coefficient (Wildman–Crippen LogP) is -0.309. The van der Waals surface area contributed by atoms with E-state index in [1.165, 1.54) is 0 Å². The molecule has 22 heavy (non-hydrogen) atoms. The monoisotopic (exact) mass is 335 g/mol. The Morgan fingerprint density at radius 2 is 1.73 bits per heavy atom. The van der Waals surface area contributed by atoms with Crippen LogP contribution in [-0.2, 0) is 14.3 Å². The zero-order valence-electron chi connectivity index (χ0n) is 13.1. The minimum Gasteiger partial charge on any atom is -0.473 e. The zero-order chi connectivity index (χ0) is 17.0. The van der Waals surface area contributed by atoms with Crippen molar-refractivity contribution in [2.45, 2.75) is 13.3 Å². The predicted molar refractivity (Wildman–Crippen MR) is 86.1 cm³/mol. The molecule has 0 aliphatic carbocycles. The second-order valence-electron chi connectivity index (χ2n) is 4.61. The van der Waals surface area contributed by atoms with Gasteiger partial charge in [0.2, 0.25) is 0 Å². The fraction of sp³-hybridized carbons (Fsp3) is 0.769. The molecular weight excluding hydrogens is 310 g/mol. The van der Waals surface area contributed by atoms with Crippen molar-refractivity contribution in [2.24, 2.45) is 0 Å². The van der Waals surface area contributed by atoms with Gasteiger partial charge in [-0.3, -0.25) is 0 Å². The third-order valence-corrected chi connectivity index (χ3v) is 3.49. The number of rotatable bonds is 5. The van der Waals surface area contributed by atoms with E-state index in [0.29, 0.717) is 0 Å². The van der Waals surface area contributed by atoms with Gasteiger partial charge in [0, 0.05) is 46.4 Å². The lowest BCUT2D eigenvalue weighted by Crippen LogP contribution is -2.51. The lowest BCUT2D eigenvalue weighted by atomic mass is 10.3. The molecule has 0 atom stereocenters. The fourth-order valence-electron chi connectivity index (χ4n) is 1.79. The van der Waals surface area contributed by atoms with Crippen molar-refractivity contribution >= 4 is 29.3 Å². The molecule has 1 heterocycles. The molecule has 1 saturated heterocycles. The third-order valence-electron chi connectivity index (χ3n) is 3.09. The van der Waals surface area contributed by atoms with Gasteiger partial charge >= 0.3 is 11.9 Å². The average molecular weight is 335 g/mol. The van der Waals surface area contributed by atoms with Gasteiger partial charge in [0.05, 0.1) is 0 Å². The summed E-state index contributed by atoms with van der Waals surface area (Å²) in [6.07, 6.45) is 1.01. The van der Waals surface area contributed by atoms with E-state index in [9.17, 15) is 0 Å². The van der Waals surface area contributed by atoms with Crippen LogP contribution in [0.4, 0.5) is 0 Å². The lowest BCUT2D eigenvalue weighted by molar-refractivity contribution is -0.159. The molecule has 1 aliphatic heterocycles. The van der Waals surface area contributed by atoms with E-state index in [4.69, 9.17) is 36.8 Å². The van der Waals surface area contributed by atoms with Crippen molar-refractivity contribution in [1.29, 1.82) is 0 Å². The van der Waals surface area contributed by atoms with Gasteiger partial charge in [-0.15, -0.1) is 0 Å². The Balaban J connectivity index is 0.000000626. The molecule has 9 heteroatoms. The molecule has 0 unspecified atom stereocenters. The standard InChI is InChI=1S/C11H23N3OS.C2H2O4/c1-3-13-6-8-14(9-7-13)11(16)12-5-4-10-15-2;3-1(4)2(5)6/h3-10H2,1-2H3,(H,12,16);(H,3,4)(H,5,6). The van der Waals surface area contributed by atoms with Crippen molar-refractivity contribution < 1.29 is 24.5 Å². The molecular formula is C13H25N3O5S. The number of methoxy groups -OCH3 is 1. The Morgan fingerprint density at radius 3 is 2.14 bits per heavy atom. The van der Waals surface area contributed by atoms with Gasteiger partial charge in [0.15, 0.2) is 5.11 Å². The number of nitrogens with one attached hydrogen (secondary N) is 1. The molecule has 1 aliphatic rings. The highest BCUT2D eigenvalue weighted by Crippen LogP contribution is 2.01. The van der Waals surface area contributed by atoms with Crippen LogP contribution >= 0.6 is 12.2 Å². The Morgan fingerprint density at radius 1 is 1.18 bits per heavy atom.